The van der Waals surface area contributed by atoms with Crippen LogP contribution in [0.1, 0.15) is 34.4 Å². The first-order valence-corrected chi connectivity index (χ1v) is 14.1. The van der Waals surface area contributed by atoms with E-state index in [0.717, 1.165) is 22.9 Å². The number of alkyl halides is 3. The lowest BCUT2D eigenvalue weighted by molar-refractivity contribution is -0.210. The monoisotopic (exact) mass is 638 g/mol. The summed E-state index contributed by atoms with van der Waals surface area (Å²) in [6.07, 6.45) is -7.79. The molecule has 0 radical (unpaired) electrons. The molecule has 16 heteroatoms. The van der Waals surface area contributed by atoms with Crippen LogP contribution >= 0.6 is 22.9 Å². The molecule has 0 amide bonds. The Morgan fingerprint density at radius 3 is 2.56 bits per heavy atom. The van der Waals surface area contributed by atoms with Crippen LogP contribution in [0, 0.1) is 19.7 Å². The van der Waals surface area contributed by atoms with E-state index in [2.05, 4.69) is 20.2 Å². The molecule has 5 atom stereocenters. The number of halogens is 5. The van der Waals surface area contributed by atoms with Crippen molar-refractivity contribution >= 4 is 33.2 Å². The summed E-state index contributed by atoms with van der Waals surface area (Å²) < 4.78 is 64.9. The Balaban J connectivity index is 1.41. The molecule has 2 aromatic carbocycles. The van der Waals surface area contributed by atoms with Crippen molar-refractivity contribution in [1.29, 1.82) is 0 Å². The second-order valence-electron chi connectivity index (χ2n) is 10.1. The lowest BCUT2D eigenvalue weighted by atomic mass is 9.92. The van der Waals surface area contributed by atoms with E-state index in [0.29, 0.717) is 26.4 Å². The molecule has 3 aromatic heterocycles. The van der Waals surface area contributed by atoms with Crippen molar-refractivity contribution in [2.75, 3.05) is 6.61 Å². The topological polar surface area (TPSA) is 131 Å². The predicted octanol–water partition coefficient (Wildman–Crippen LogP) is 4.56. The number of aromatic nitrogens is 6. The van der Waals surface area contributed by atoms with Crippen LogP contribution in [0.15, 0.2) is 42.7 Å². The Labute approximate surface area is 249 Å². The summed E-state index contributed by atoms with van der Waals surface area (Å²) in [6.45, 7) is 2.52. The summed E-state index contributed by atoms with van der Waals surface area (Å²) in [4.78, 5) is 8.59. The molecule has 5 aromatic rings. The minimum Gasteiger partial charge on any atom is -0.394 e. The van der Waals surface area contributed by atoms with E-state index in [1.165, 1.54) is 41.4 Å². The van der Waals surface area contributed by atoms with Gasteiger partial charge >= 0.3 is 6.18 Å². The molecule has 1 aliphatic rings. The Bertz CT molecular complexity index is 1820. The molecular weight excluding hydrogens is 616 g/mol. The van der Waals surface area contributed by atoms with Gasteiger partial charge in [-0.1, -0.05) is 11.6 Å². The van der Waals surface area contributed by atoms with Crippen LogP contribution in [0.5, 0.6) is 0 Å². The number of hydrogen-bond donors (Lipinski definition) is 3. The number of aliphatic hydroxyl groups excluding tert-OH is 3. The molecule has 4 heterocycles. The van der Waals surface area contributed by atoms with Crippen LogP contribution in [-0.2, 0) is 10.9 Å². The van der Waals surface area contributed by atoms with E-state index in [1.54, 1.807) is 13.0 Å². The van der Waals surface area contributed by atoms with Crippen molar-refractivity contribution in [3.8, 4) is 16.8 Å². The van der Waals surface area contributed by atoms with Crippen molar-refractivity contribution in [2.45, 2.75) is 50.5 Å². The molecule has 0 spiro atoms. The molecule has 10 nitrogen and oxygen atoms in total. The van der Waals surface area contributed by atoms with E-state index in [4.69, 9.17) is 16.3 Å². The van der Waals surface area contributed by atoms with Crippen molar-refractivity contribution in [3.63, 3.8) is 0 Å². The van der Waals surface area contributed by atoms with Gasteiger partial charge in [-0.15, -0.1) is 11.3 Å². The molecule has 226 valence electrons. The SMILES string of the molecule is Cc1nc([C@@H]2O[C@H](CO)[C@H](O)[C@H](n3cc(-c4cc(F)c5sc(C)nc5c4)cn3)[C@H]2O)n(-c2cc(Cl)ccc2C(F)(F)F)n1. The Morgan fingerprint density at radius 2 is 1.84 bits per heavy atom. The van der Waals surface area contributed by atoms with Crippen LogP contribution in [0.25, 0.3) is 27.0 Å². The number of fused-ring (bicyclic) bond motifs is 1. The number of aryl methyl sites for hydroxylation is 2. The lowest BCUT2D eigenvalue weighted by Gasteiger charge is -2.42. The average molecular weight is 639 g/mol. The van der Waals surface area contributed by atoms with Crippen molar-refractivity contribution in [2.24, 2.45) is 0 Å². The largest absolute Gasteiger partial charge is 0.418 e. The standard InChI is InChI=1S/C27H23ClF4N6O4S/c1-11-34-26(38(36-11)19-7-15(28)3-4-16(19)27(30,31)32)24-23(41)21(22(40)20(10-39)42-24)37-9-14(8-33-37)13-5-17(29)25-18(6-13)35-12(2)43-25/h3-9,20-24,39-41H,10H2,1-2H3/t20-,21+,22+,23-,24-/m1/s1. The molecule has 1 saturated heterocycles. The van der Waals surface area contributed by atoms with Crippen LogP contribution in [-0.4, -0.2) is 69.8 Å². The summed E-state index contributed by atoms with van der Waals surface area (Å²) in [5.41, 5.74) is -0.151. The number of thiazole rings is 1. The highest BCUT2D eigenvalue weighted by Crippen LogP contribution is 2.41. The van der Waals surface area contributed by atoms with Gasteiger partial charge in [0.25, 0.3) is 0 Å². The zero-order chi connectivity index (χ0) is 30.8. The third-order valence-electron chi connectivity index (χ3n) is 7.17. The zero-order valence-corrected chi connectivity index (χ0v) is 23.9. The summed E-state index contributed by atoms with van der Waals surface area (Å²) in [5.74, 6) is -0.614. The number of aliphatic hydroxyl groups is 3. The molecule has 0 bridgehead atoms. The van der Waals surface area contributed by atoms with Gasteiger partial charge in [-0.05, 0) is 49.7 Å². The second-order valence-corrected chi connectivity index (χ2v) is 11.7. The first kappa shape index (κ1) is 29.6. The number of rotatable bonds is 5. The van der Waals surface area contributed by atoms with Gasteiger partial charge in [0.2, 0.25) is 0 Å². The molecule has 3 N–H and O–H groups in total. The Hall–Kier alpha value is -3.47. The highest BCUT2D eigenvalue weighted by atomic mass is 35.5. The van der Waals surface area contributed by atoms with Crippen LogP contribution in [0.4, 0.5) is 17.6 Å². The third-order valence-corrected chi connectivity index (χ3v) is 8.40. The smallest absolute Gasteiger partial charge is 0.394 e. The molecule has 1 fully saturated rings. The molecule has 1 aliphatic heterocycles. The summed E-state index contributed by atoms with van der Waals surface area (Å²) in [5, 5.41) is 41.7. The fraction of sp³-hybridized carbons (Fsp3) is 0.333. The Kier molecular flexibility index (Phi) is 7.51. The number of nitrogens with zero attached hydrogens (tertiary/aromatic N) is 6. The number of ether oxygens (including phenoxy) is 1. The van der Waals surface area contributed by atoms with Gasteiger partial charge in [0.05, 0.1) is 39.3 Å². The molecule has 0 unspecified atom stereocenters. The molecule has 43 heavy (non-hydrogen) atoms. The first-order chi connectivity index (χ1) is 20.3. The normalized spacial score (nSPS) is 22.9. The molecule has 0 aliphatic carbocycles. The summed E-state index contributed by atoms with van der Waals surface area (Å²) in [7, 11) is 0. The summed E-state index contributed by atoms with van der Waals surface area (Å²) in [6, 6.07) is 4.71. The second kappa shape index (κ2) is 10.9. The fourth-order valence-electron chi connectivity index (χ4n) is 5.26. The zero-order valence-electron chi connectivity index (χ0n) is 22.4. The van der Waals surface area contributed by atoms with E-state index in [1.807, 2.05) is 0 Å². The van der Waals surface area contributed by atoms with Crippen LogP contribution < -0.4 is 0 Å². The molecule has 6 rings (SSSR count). The number of hydrogen-bond acceptors (Lipinski definition) is 9. The lowest BCUT2D eigenvalue weighted by Crippen LogP contribution is -2.53. The van der Waals surface area contributed by atoms with Gasteiger partial charge in [0.15, 0.2) is 5.82 Å². The van der Waals surface area contributed by atoms with Crippen LogP contribution in [0.3, 0.4) is 0 Å². The van der Waals surface area contributed by atoms with E-state index < -0.39 is 60.3 Å². The maximum atomic E-state index is 14.8. The van der Waals surface area contributed by atoms with Gasteiger partial charge in [-0.25, -0.2) is 19.0 Å². The Morgan fingerprint density at radius 1 is 1.07 bits per heavy atom. The van der Waals surface area contributed by atoms with Gasteiger partial charge in [-0.2, -0.15) is 23.4 Å². The summed E-state index contributed by atoms with van der Waals surface area (Å²) >= 11 is 7.26. The third kappa shape index (κ3) is 5.30. The van der Waals surface area contributed by atoms with Crippen LogP contribution in [0.2, 0.25) is 5.02 Å². The van der Waals surface area contributed by atoms with E-state index >= 15 is 0 Å². The van der Waals surface area contributed by atoms with Gasteiger partial charge in [0, 0.05) is 16.8 Å². The minimum atomic E-state index is -4.78. The minimum absolute atomic E-state index is 0.000236. The predicted molar refractivity (Wildman–Crippen MR) is 147 cm³/mol. The highest BCUT2D eigenvalue weighted by Gasteiger charge is 2.48. The number of benzene rings is 2. The van der Waals surface area contributed by atoms with Crippen molar-refractivity contribution in [1.82, 2.24) is 29.5 Å². The van der Waals surface area contributed by atoms with Gasteiger partial charge < -0.3 is 20.1 Å². The maximum Gasteiger partial charge on any atom is 0.418 e. The molecule has 0 saturated carbocycles. The maximum absolute atomic E-state index is 14.8. The first-order valence-electron chi connectivity index (χ1n) is 12.9. The highest BCUT2D eigenvalue weighted by molar-refractivity contribution is 7.18. The molecular formula is C27H23ClF4N6O4S. The van der Waals surface area contributed by atoms with E-state index in [9.17, 15) is 32.9 Å². The van der Waals surface area contributed by atoms with Gasteiger partial charge in [0.1, 0.15) is 42.1 Å². The van der Waals surface area contributed by atoms with Crippen molar-refractivity contribution in [3.05, 3.63) is 75.8 Å². The van der Waals surface area contributed by atoms with E-state index in [-0.39, 0.29) is 16.7 Å². The fourth-order valence-corrected chi connectivity index (χ4v) is 6.23. The van der Waals surface area contributed by atoms with Gasteiger partial charge in [-0.3, -0.25) is 4.68 Å². The quantitative estimate of drug-likeness (QED) is 0.239. The van der Waals surface area contributed by atoms with Crippen molar-refractivity contribution < 1.29 is 37.6 Å². The average Bonchev–Trinajstić information content (AvgIpc) is 3.66.